The molecule has 1 rings (SSSR count). The molecule has 80 valence electrons. The van der Waals surface area contributed by atoms with Gasteiger partial charge in [-0.3, -0.25) is 4.68 Å². The molecule has 0 fully saturated rings. The second kappa shape index (κ2) is 4.03. The molecule has 1 unspecified atom stereocenters. The van der Waals surface area contributed by atoms with Crippen molar-refractivity contribution in [3.05, 3.63) is 16.4 Å². The standard InChI is InChI=1S/C10H18BrN3/c1-7(12)5-10(2,3)9-8(11)6-13-14(9)4/h6-7H,5,12H2,1-4H3. The second-order valence-corrected chi connectivity index (χ2v) is 5.38. The van der Waals surface area contributed by atoms with E-state index in [9.17, 15) is 0 Å². The van der Waals surface area contributed by atoms with Gasteiger partial charge in [0.25, 0.3) is 0 Å². The Morgan fingerprint density at radius 3 is 2.57 bits per heavy atom. The Hall–Kier alpha value is -0.350. The van der Waals surface area contributed by atoms with Gasteiger partial charge in [-0.15, -0.1) is 0 Å². The number of hydrogen-bond acceptors (Lipinski definition) is 2. The molecule has 2 N–H and O–H groups in total. The van der Waals surface area contributed by atoms with Crippen LogP contribution in [0.4, 0.5) is 0 Å². The first-order valence-electron chi connectivity index (χ1n) is 4.78. The Labute approximate surface area is 93.8 Å². The van der Waals surface area contributed by atoms with E-state index < -0.39 is 0 Å². The lowest BCUT2D eigenvalue weighted by atomic mass is 9.83. The lowest BCUT2D eigenvalue weighted by Gasteiger charge is -2.27. The van der Waals surface area contributed by atoms with E-state index in [2.05, 4.69) is 34.9 Å². The summed E-state index contributed by atoms with van der Waals surface area (Å²) in [5, 5.41) is 4.22. The lowest BCUT2D eigenvalue weighted by Crippen LogP contribution is -2.30. The van der Waals surface area contributed by atoms with Crippen molar-refractivity contribution < 1.29 is 0 Å². The highest BCUT2D eigenvalue weighted by atomic mass is 79.9. The van der Waals surface area contributed by atoms with Crippen molar-refractivity contribution in [2.75, 3.05) is 0 Å². The number of hydrogen-bond donors (Lipinski definition) is 1. The molecular weight excluding hydrogens is 242 g/mol. The van der Waals surface area contributed by atoms with Crippen LogP contribution in [0.25, 0.3) is 0 Å². The summed E-state index contributed by atoms with van der Waals surface area (Å²) in [7, 11) is 1.96. The molecule has 0 aliphatic rings. The summed E-state index contributed by atoms with van der Waals surface area (Å²) in [6, 6.07) is 0.201. The SMILES string of the molecule is CC(N)CC(C)(C)c1c(Br)cnn1C. The smallest absolute Gasteiger partial charge is 0.0635 e. The van der Waals surface area contributed by atoms with E-state index in [4.69, 9.17) is 5.73 Å². The molecule has 0 spiro atoms. The maximum absolute atomic E-state index is 5.84. The van der Waals surface area contributed by atoms with E-state index in [0.717, 1.165) is 10.9 Å². The van der Waals surface area contributed by atoms with Gasteiger partial charge in [0.15, 0.2) is 0 Å². The molecule has 0 aliphatic carbocycles. The molecule has 0 amide bonds. The fraction of sp³-hybridized carbons (Fsp3) is 0.700. The molecular formula is C10H18BrN3. The van der Waals surface area contributed by atoms with E-state index >= 15 is 0 Å². The summed E-state index contributed by atoms with van der Waals surface area (Å²) < 4.78 is 2.97. The number of nitrogens with two attached hydrogens (primary N) is 1. The fourth-order valence-electron chi connectivity index (χ4n) is 2.07. The van der Waals surface area contributed by atoms with Gasteiger partial charge in [-0.05, 0) is 29.3 Å². The molecule has 14 heavy (non-hydrogen) atoms. The first kappa shape index (κ1) is 11.7. The number of halogens is 1. The van der Waals surface area contributed by atoms with E-state index in [1.54, 1.807) is 0 Å². The minimum Gasteiger partial charge on any atom is -0.328 e. The van der Waals surface area contributed by atoms with E-state index in [1.165, 1.54) is 5.69 Å². The van der Waals surface area contributed by atoms with Crippen molar-refractivity contribution in [3.8, 4) is 0 Å². The fourth-order valence-corrected chi connectivity index (χ4v) is 2.96. The topological polar surface area (TPSA) is 43.8 Å². The second-order valence-electron chi connectivity index (χ2n) is 4.53. The molecule has 1 aromatic heterocycles. The Balaban J connectivity index is 3.02. The predicted octanol–water partition coefficient (Wildman–Crippen LogP) is 2.20. The van der Waals surface area contributed by atoms with Gasteiger partial charge in [-0.1, -0.05) is 13.8 Å². The van der Waals surface area contributed by atoms with Gasteiger partial charge < -0.3 is 5.73 Å². The molecule has 1 heterocycles. The Morgan fingerprint density at radius 1 is 1.64 bits per heavy atom. The lowest BCUT2D eigenvalue weighted by molar-refractivity contribution is 0.406. The summed E-state index contributed by atoms with van der Waals surface area (Å²) in [6.45, 7) is 6.42. The molecule has 3 nitrogen and oxygen atoms in total. The largest absolute Gasteiger partial charge is 0.328 e. The molecule has 0 aliphatic heterocycles. The quantitative estimate of drug-likeness (QED) is 0.905. The summed E-state index contributed by atoms with van der Waals surface area (Å²) in [4.78, 5) is 0. The van der Waals surface area contributed by atoms with Crippen molar-refractivity contribution in [1.82, 2.24) is 9.78 Å². The molecule has 0 aromatic carbocycles. The van der Waals surface area contributed by atoms with Crippen LogP contribution < -0.4 is 5.73 Å². The first-order chi connectivity index (χ1) is 6.34. The van der Waals surface area contributed by atoms with Crippen LogP contribution >= 0.6 is 15.9 Å². The molecule has 4 heteroatoms. The summed E-state index contributed by atoms with van der Waals surface area (Å²) >= 11 is 3.52. The van der Waals surface area contributed by atoms with Crippen LogP contribution in [0.2, 0.25) is 0 Å². The minimum absolute atomic E-state index is 0.0538. The van der Waals surface area contributed by atoms with Crippen LogP contribution in [0.1, 0.15) is 32.9 Å². The molecule has 1 aromatic rings. The monoisotopic (exact) mass is 259 g/mol. The van der Waals surface area contributed by atoms with Crippen molar-refractivity contribution in [2.45, 2.75) is 38.6 Å². The maximum atomic E-state index is 5.84. The van der Waals surface area contributed by atoms with Gasteiger partial charge in [0.05, 0.1) is 16.4 Å². The highest BCUT2D eigenvalue weighted by Gasteiger charge is 2.27. The van der Waals surface area contributed by atoms with Crippen LogP contribution in [-0.2, 0) is 12.5 Å². The van der Waals surface area contributed by atoms with E-state index in [1.807, 2.05) is 24.9 Å². The zero-order valence-electron chi connectivity index (χ0n) is 9.21. The van der Waals surface area contributed by atoms with Gasteiger partial charge in [0.2, 0.25) is 0 Å². The molecule has 0 bridgehead atoms. The number of rotatable bonds is 3. The van der Waals surface area contributed by atoms with Crippen molar-refractivity contribution in [2.24, 2.45) is 12.8 Å². The van der Waals surface area contributed by atoms with Crippen LogP contribution in [0, 0.1) is 0 Å². The molecule has 0 saturated carbocycles. The number of aryl methyl sites for hydroxylation is 1. The van der Waals surface area contributed by atoms with Gasteiger partial charge in [-0.25, -0.2) is 0 Å². The van der Waals surface area contributed by atoms with E-state index in [-0.39, 0.29) is 11.5 Å². The van der Waals surface area contributed by atoms with Gasteiger partial charge in [-0.2, -0.15) is 5.10 Å². The van der Waals surface area contributed by atoms with Gasteiger partial charge in [0.1, 0.15) is 0 Å². The summed E-state index contributed by atoms with van der Waals surface area (Å²) in [6.07, 6.45) is 2.78. The molecule has 0 radical (unpaired) electrons. The maximum Gasteiger partial charge on any atom is 0.0635 e. The van der Waals surface area contributed by atoms with Crippen LogP contribution in [0.15, 0.2) is 10.7 Å². The highest BCUT2D eigenvalue weighted by Crippen LogP contribution is 2.32. The molecule has 1 atom stereocenters. The van der Waals surface area contributed by atoms with E-state index in [0.29, 0.717) is 0 Å². The van der Waals surface area contributed by atoms with Crippen molar-refractivity contribution in [1.29, 1.82) is 0 Å². The minimum atomic E-state index is 0.0538. The average molecular weight is 260 g/mol. The van der Waals surface area contributed by atoms with Gasteiger partial charge >= 0.3 is 0 Å². The van der Waals surface area contributed by atoms with Crippen molar-refractivity contribution in [3.63, 3.8) is 0 Å². The zero-order chi connectivity index (χ0) is 10.9. The summed E-state index contributed by atoms with van der Waals surface area (Å²) in [5.74, 6) is 0. The van der Waals surface area contributed by atoms with Gasteiger partial charge in [0, 0.05) is 18.5 Å². The number of nitrogens with zero attached hydrogens (tertiary/aromatic N) is 2. The third kappa shape index (κ3) is 2.36. The Bertz CT molecular complexity index is 296. The highest BCUT2D eigenvalue weighted by molar-refractivity contribution is 9.10. The third-order valence-electron chi connectivity index (χ3n) is 2.37. The van der Waals surface area contributed by atoms with Crippen LogP contribution in [0.3, 0.4) is 0 Å². The number of aromatic nitrogens is 2. The normalized spacial score (nSPS) is 14.4. The van der Waals surface area contributed by atoms with Crippen LogP contribution in [0.5, 0.6) is 0 Å². The summed E-state index contributed by atoms with van der Waals surface area (Å²) in [5.41, 5.74) is 7.10. The predicted molar refractivity (Wildman–Crippen MR) is 62.2 cm³/mol. The zero-order valence-corrected chi connectivity index (χ0v) is 10.8. The Morgan fingerprint density at radius 2 is 2.21 bits per heavy atom. The third-order valence-corrected chi connectivity index (χ3v) is 2.95. The average Bonchev–Trinajstić information content (AvgIpc) is 2.27. The molecule has 0 saturated heterocycles. The van der Waals surface area contributed by atoms with Crippen LogP contribution in [-0.4, -0.2) is 15.8 Å². The van der Waals surface area contributed by atoms with Crippen molar-refractivity contribution >= 4 is 15.9 Å². The Kier molecular flexibility index (Phi) is 3.37. The first-order valence-corrected chi connectivity index (χ1v) is 5.57.